The summed E-state index contributed by atoms with van der Waals surface area (Å²) < 4.78 is 31.7. The zero-order chi connectivity index (χ0) is 27.9. The number of anilines is 2. The molecule has 0 aromatic heterocycles. The van der Waals surface area contributed by atoms with Crippen LogP contribution in [0, 0.1) is 6.92 Å². The minimum atomic E-state index is -5.08. The fourth-order valence-electron chi connectivity index (χ4n) is 4.80. The summed E-state index contributed by atoms with van der Waals surface area (Å²) in [6.45, 7) is 6.14. The van der Waals surface area contributed by atoms with E-state index in [4.69, 9.17) is 9.90 Å². The highest BCUT2D eigenvalue weighted by Crippen LogP contribution is 2.28. The second kappa shape index (κ2) is 12.8. The third-order valence-corrected chi connectivity index (χ3v) is 6.85. The number of nitrogens with one attached hydrogen (secondary N) is 1. The molecule has 8 nitrogen and oxygen atoms in total. The number of hydrogen-bond acceptors (Lipinski definition) is 5. The number of aliphatic carboxylic acids is 1. The van der Waals surface area contributed by atoms with Crippen LogP contribution in [-0.4, -0.2) is 71.4 Å². The lowest BCUT2D eigenvalue weighted by molar-refractivity contribution is -0.192. The number of benzene rings is 2. The molecule has 2 aliphatic heterocycles. The van der Waals surface area contributed by atoms with Gasteiger partial charge in [0.1, 0.15) is 0 Å². The van der Waals surface area contributed by atoms with Gasteiger partial charge in [0.15, 0.2) is 0 Å². The van der Waals surface area contributed by atoms with Crippen LogP contribution < -0.4 is 10.2 Å². The Balaban J connectivity index is 0.000000505. The van der Waals surface area contributed by atoms with Crippen LogP contribution in [-0.2, 0) is 4.79 Å². The number of amides is 1. The van der Waals surface area contributed by atoms with E-state index >= 15 is 0 Å². The van der Waals surface area contributed by atoms with E-state index in [2.05, 4.69) is 15.1 Å². The lowest BCUT2D eigenvalue weighted by Gasteiger charge is -2.41. The Morgan fingerprint density at radius 2 is 1.50 bits per heavy atom. The zero-order valence-electron chi connectivity index (χ0n) is 21.1. The topological polar surface area (TPSA) is 110 Å². The number of carbonyl (C=O) groups excluding carboxylic acids is 1. The average Bonchev–Trinajstić information content (AvgIpc) is 2.89. The molecule has 2 aromatic rings. The first-order valence-electron chi connectivity index (χ1n) is 12.5. The fourth-order valence-corrected chi connectivity index (χ4v) is 4.80. The Morgan fingerprint density at radius 1 is 0.895 bits per heavy atom. The lowest BCUT2D eigenvalue weighted by Crippen LogP contribution is -2.46. The van der Waals surface area contributed by atoms with Crippen molar-refractivity contribution in [2.75, 3.05) is 36.4 Å². The third-order valence-electron chi connectivity index (χ3n) is 6.85. The van der Waals surface area contributed by atoms with Gasteiger partial charge in [0.25, 0.3) is 5.91 Å². The maximum absolute atomic E-state index is 12.7. The first-order chi connectivity index (χ1) is 18.0. The van der Waals surface area contributed by atoms with Crippen molar-refractivity contribution in [3.8, 4) is 0 Å². The van der Waals surface area contributed by atoms with Crippen molar-refractivity contribution >= 4 is 29.2 Å². The predicted molar refractivity (Wildman–Crippen MR) is 137 cm³/mol. The van der Waals surface area contributed by atoms with Gasteiger partial charge in [0.2, 0.25) is 0 Å². The second-order valence-electron chi connectivity index (χ2n) is 9.42. The second-order valence-corrected chi connectivity index (χ2v) is 9.42. The van der Waals surface area contributed by atoms with Crippen molar-refractivity contribution in [2.24, 2.45) is 0 Å². The minimum absolute atomic E-state index is 0.123. The van der Waals surface area contributed by atoms with E-state index in [0.29, 0.717) is 17.3 Å². The summed E-state index contributed by atoms with van der Waals surface area (Å²) in [6, 6.07) is 13.2. The predicted octanol–water partition coefficient (Wildman–Crippen LogP) is 5.03. The molecule has 2 aromatic carbocycles. The van der Waals surface area contributed by atoms with E-state index in [9.17, 15) is 27.9 Å². The Hall–Kier alpha value is -3.60. The van der Waals surface area contributed by atoms with E-state index in [0.717, 1.165) is 37.2 Å². The van der Waals surface area contributed by atoms with Gasteiger partial charge >= 0.3 is 18.1 Å². The largest absolute Gasteiger partial charge is 0.490 e. The zero-order valence-corrected chi connectivity index (χ0v) is 21.1. The van der Waals surface area contributed by atoms with Crippen LogP contribution in [0.1, 0.15) is 58.4 Å². The first kappa shape index (κ1) is 29.0. The maximum atomic E-state index is 12.7. The number of halogens is 3. The molecule has 2 heterocycles. The Bertz CT molecular complexity index is 1140. The van der Waals surface area contributed by atoms with Gasteiger partial charge in [-0.15, -0.1) is 0 Å². The third kappa shape index (κ3) is 7.70. The Labute approximate surface area is 219 Å². The van der Waals surface area contributed by atoms with Gasteiger partial charge in [-0.05, 0) is 75.5 Å². The highest BCUT2D eigenvalue weighted by atomic mass is 19.4. The quantitative estimate of drug-likeness (QED) is 0.492. The molecule has 0 unspecified atom stereocenters. The van der Waals surface area contributed by atoms with Crippen LogP contribution in [0.15, 0.2) is 42.5 Å². The SMILES string of the molecule is Cc1ccccc1C(=O)Nc1ccc(N2CCC(N3CCCCC3)CC2)cc1C(=O)O.O=C(O)C(F)(F)F. The van der Waals surface area contributed by atoms with Crippen LogP contribution in [0.4, 0.5) is 24.5 Å². The highest BCUT2D eigenvalue weighted by Gasteiger charge is 2.38. The van der Waals surface area contributed by atoms with Crippen molar-refractivity contribution in [1.29, 1.82) is 0 Å². The summed E-state index contributed by atoms with van der Waals surface area (Å²) in [5, 5.41) is 19.7. The molecule has 38 heavy (non-hydrogen) atoms. The van der Waals surface area contributed by atoms with Crippen molar-refractivity contribution in [3.05, 3.63) is 59.2 Å². The highest BCUT2D eigenvalue weighted by molar-refractivity contribution is 6.08. The van der Waals surface area contributed by atoms with E-state index in [-0.39, 0.29) is 11.5 Å². The van der Waals surface area contributed by atoms with E-state index in [1.165, 1.54) is 32.4 Å². The number of rotatable bonds is 5. The number of carboxylic acids is 2. The van der Waals surface area contributed by atoms with Crippen LogP contribution in [0.5, 0.6) is 0 Å². The number of nitrogens with zero attached hydrogens (tertiary/aromatic N) is 2. The standard InChI is InChI=1S/C25H31N3O3.C2HF3O2/c1-18-7-3-4-8-21(18)24(29)26-23-10-9-20(17-22(23)25(30)31)28-15-11-19(12-16-28)27-13-5-2-6-14-27;3-2(4,5)1(6)7/h3-4,7-10,17,19H,2,5-6,11-16H2,1H3,(H,26,29)(H,30,31);(H,6,7). The molecule has 0 aliphatic carbocycles. The average molecular weight is 536 g/mol. The number of aromatic carboxylic acids is 1. The normalized spacial score (nSPS) is 16.8. The first-order valence-corrected chi connectivity index (χ1v) is 12.5. The number of likely N-dealkylation sites (tertiary alicyclic amines) is 1. The van der Waals surface area contributed by atoms with Gasteiger partial charge in [0, 0.05) is 30.4 Å². The van der Waals surface area contributed by atoms with Gasteiger partial charge < -0.3 is 25.3 Å². The molecule has 0 radical (unpaired) electrons. The number of hydrogen-bond donors (Lipinski definition) is 3. The van der Waals surface area contributed by atoms with Gasteiger partial charge in [-0.25, -0.2) is 9.59 Å². The molecule has 2 fully saturated rings. The summed E-state index contributed by atoms with van der Waals surface area (Å²) >= 11 is 0. The molecule has 0 spiro atoms. The van der Waals surface area contributed by atoms with Crippen LogP contribution in [0.3, 0.4) is 0 Å². The van der Waals surface area contributed by atoms with Crippen LogP contribution in [0.25, 0.3) is 0 Å². The van der Waals surface area contributed by atoms with E-state index < -0.39 is 18.1 Å². The number of aryl methyl sites for hydroxylation is 1. The lowest BCUT2D eigenvalue weighted by atomic mass is 9.99. The molecule has 0 saturated carbocycles. The van der Waals surface area contributed by atoms with Crippen molar-refractivity contribution in [1.82, 2.24) is 4.90 Å². The van der Waals surface area contributed by atoms with E-state index in [1.807, 2.05) is 25.1 Å². The molecule has 11 heteroatoms. The summed E-state index contributed by atoms with van der Waals surface area (Å²) in [5.74, 6) is -4.09. The molecule has 4 rings (SSSR count). The van der Waals surface area contributed by atoms with Crippen molar-refractivity contribution < 1.29 is 37.8 Å². The Morgan fingerprint density at radius 3 is 2.05 bits per heavy atom. The molecule has 0 atom stereocenters. The van der Waals surface area contributed by atoms with Crippen molar-refractivity contribution in [3.63, 3.8) is 0 Å². The molecular weight excluding hydrogens is 503 g/mol. The maximum Gasteiger partial charge on any atom is 0.490 e. The monoisotopic (exact) mass is 535 g/mol. The summed E-state index contributed by atoms with van der Waals surface area (Å²) in [6.07, 6.45) is 1.08. The molecule has 2 saturated heterocycles. The summed E-state index contributed by atoms with van der Waals surface area (Å²) in [5.41, 5.74) is 2.75. The fraction of sp³-hybridized carbons (Fsp3) is 0.444. The van der Waals surface area contributed by atoms with Gasteiger partial charge in [-0.1, -0.05) is 24.6 Å². The molecule has 0 bridgehead atoms. The molecule has 3 N–H and O–H groups in total. The van der Waals surface area contributed by atoms with Crippen LogP contribution >= 0.6 is 0 Å². The molecule has 1 amide bonds. The number of piperidine rings is 2. The van der Waals surface area contributed by atoms with Crippen LogP contribution in [0.2, 0.25) is 0 Å². The molecular formula is C27H32F3N3O5. The Kier molecular flexibility index (Phi) is 9.73. The minimum Gasteiger partial charge on any atom is -0.478 e. The molecule has 206 valence electrons. The van der Waals surface area contributed by atoms with Gasteiger partial charge in [-0.3, -0.25) is 4.79 Å². The van der Waals surface area contributed by atoms with Gasteiger partial charge in [0.05, 0.1) is 11.3 Å². The summed E-state index contributed by atoms with van der Waals surface area (Å²) in [7, 11) is 0. The van der Waals surface area contributed by atoms with Gasteiger partial charge in [-0.2, -0.15) is 13.2 Å². The number of alkyl halides is 3. The van der Waals surface area contributed by atoms with E-state index in [1.54, 1.807) is 24.3 Å². The number of carbonyl (C=O) groups is 3. The summed E-state index contributed by atoms with van der Waals surface area (Å²) in [4.78, 5) is 38.4. The van der Waals surface area contributed by atoms with Crippen molar-refractivity contribution in [2.45, 2.75) is 51.2 Å². The molecule has 2 aliphatic rings. The number of carboxylic acid groups (broad SMARTS) is 2. The smallest absolute Gasteiger partial charge is 0.478 e.